The molecule has 0 bridgehead atoms. The molecule has 0 aliphatic rings. The van der Waals surface area contributed by atoms with Crippen LogP contribution in [0.4, 0.5) is 17.1 Å². The van der Waals surface area contributed by atoms with E-state index in [4.69, 9.17) is 0 Å². The Morgan fingerprint density at radius 2 is 0.741 bits per heavy atom. The van der Waals surface area contributed by atoms with Gasteiger partial charge in [0.25, 0.3) is 0 Å². The smallest absolute Gasteiger partial charge is 0.0640 e. The van der Waals surface area contributed by atoms with E-state index in [0.29, 0.717) is 0 Å². The Morgan fingerprint density at radius 3 is 1.33 bits per heavy atom. The summed E-state index contributed by atoms with van der Waals surface area (Å²) in [7, 11) is 0. The van der Waals surface area contributed by atoms with Gasteiger partial charge in [0.15, 0.2) is 0 Å². The van der Waals surface area contributed by atoms with Crippen LogP contribution < -0.4 is 4.90 Å². The maximum absolute atomic E-state index is 2.44. The van der Waals surface area contributed by atoms with E-state index in [9.17, 15) is 0 Å². The van der Waals surface area contributed by atoms with E-state index < -0.39 is 0 Å². The summed E-state index contributed by atoms with van der Waals surface area (Å²) in [6, 6.07) is 81.9. The number of nitrogens with zero attached hydrogens (tertiary/aromatic N) is 1. The maximum Gasteiger partial charge on any atom is 0.0640 e. The molecule has 0 saturated heterocycles. The molecule has 272 valence electrons. The lowest BCUT2D eigenvalue weighted by Crippen LogP contribution is -2.10. The van der Waals surface area contributed by atoms with E-state index >= 15 is 0 Å². The second-order valence-corrected chi connectivity index (χ2v) is 15.9. The highest BCUT2D eigenvalue weighted by molar-refractivity contribution is 7.27. The Morgan fingerprint density at radius 1 is 0.276 bits per heavy atom. The summed E-state index contributed by atoms with van der Waals surface area (Å²) in [5, 5.41) is 7.56. The van der Waals surface area contributed by atoms with Crippen molar-refractivity contribution >= 4 is 70.1 Å². The van der Waals surface area contributed by atoms with Gasteiger partial charge in [0.05, 0.1) is 10.4 Å². The van der Waals surface area contributed by atoms with Crippen molar-refractivity contribution in [3.63, 3.8) is 0 Å². The second-order valence-electron chi connectivity index (χ2n) is 14.9. The van der Waals surface area contributed by atoms with Gasteiger partial charge in [-0.25, -0.2) is 0 Å². The lowest BCUT2D eigenvalue weighted by molar-refractivity contribution is 1.30. The van der Waals surface area contributed by atoms with Crippen LogP contribution in [0.2, 0.25) is 0 Å². The van der Waals surface area contributed by atoms with Gasteiger partial charge in [-0.15, -0.1) is 11.3 Å². The predicted molar refractivity (Wildman–Crippen MR) is 251 cm³/mol. The molecule has 10 aromatic carbocycles. The molecule has 0 spiro atoms. The number of benzene rings is 10. The molecule has 1 heterocycles. The Bertz CT molecular complexity index is 3120. The standard InChI is InChI=1S/C56H37NS/c1-3-14-38(15-4-1)44-36-52(41-16-5-2-6-17-41)55-53(37-44)51-26-13-27-54(56(51)58-55)57(45-32-28-42(29-33-45)49-24-11-20-39-18-7-9-22-47(39)49)46-34-30-43(31-35-46)50-25-12-21-40-19-8-10-23-48(40)50/h1-37H. The molecule has 11 aromatic rings. The number of thiophene rings is 1. The summed E-state index contributed by atoms with van der Waals surface area (Å²) in [5.74, 6) is 0. The van der Waals surface area contributed by atoms with E-state index in [-0.39, 0.29) is 0 Å². The molecular weight excluding hydrogens is 719 g/mol. The highest BCUT2D eigenvalue weighted by Crippen LogP contribution is 2.49. The maximum atomic E-state index is 2.44. The average Bonchev–Trinajstić information content (AvgIpc) is 3.69. The molecule has 11 rings (SSSR count). The van der Waals surface area contributed by atoms with Crippen LogP contribution in [0.25, 0.3) is 86.2 Å². The van der Waals surface area contributed by atoms with E-state index in [1.807, 2.05) is 11.3 Å². The Labute approximate surface area is 342 Å². The Balaban J connectivity index is 1.11. The van der Waals surface area contributed by atoms with E-state index in [1.165, 1.54) is 86.2 Å². The first kappa shape index (κ1) is 34.0. The minimum Gasteiger partial charge on any atom is -0.309 e. The zero-order valence-electron chi connectivity index (χ0n) is 31.7. The largest absolute Gasteiger partial charge is 0.309 e. The van der Waals surface area contributed by atoms with Crippen LogP contribution >= 0.6 is 11.3 Å². The molecule has 0 aliphatic heterocycles. The first-order valence-electron chi connectivity index (χ1n) is 19.8. The SMILES string of the molecule is c1ccc(-c2cc(-c3ccccc3)c3sc4c(N(c5ccc(-c6cccc7ccccc67)cc5)c5ccc(-c6cccc7ccccc67)cc5)cccc4c3c2)cc1. The van der Waals surface area contributed by atoms with Gasteiger partial charge < -0.3 is 4.90 Å². The summed E-state index contributed by atoms with van der Waals surface area (Å²) in [6.45, 7) is 0. The van der Waals surface area contributed by atoms with Crippen molar-refractivity contribution in [3.8, 4) is 44.5 Å². The van der Waals surface area contributed by atoms with Gasteiger partial charge in [0.2, 0.25) is 0 Å². The van der Waals surface area contributed by atoms with Gasteiger partial charge in [-0.1, -0.05) is 182 Å². The van der Waals surface area contributed by atoms with Crippen molar-refractivity contribution in [3.05, 3.63) is 224 Å². The van der Waals surface area contributed by atoms with Gasteiger partial charge >= 0.3 is 0 Å². The van der Waals surface area contributed by atoms with Gasteiger partial charge in [-0.2, -0.15) is 0 Å². The molecule has 0 radical (unpaired) electrons. The minimum atomic E-state index is 1.11. The summed E-state index contributed by atoms with van der Waals surface area (Å²) < 4.78 is 2.56. The fraction of sp³-hybridized carbons (Fsp3) is 0. The molecule has 58 heavy (non-hydrogen) atoms. The molecule has 1 aromatic heterocycles. The lowest BCUT2D eigenvalue weighted by Gasteiger charge is -2.26. The van der Waals surface area contributed by atoms with Gasteiger partial charge in [-0.3, -0.25) is 0 Å². The van der Waals surface area contributed by atoms with Crippen molar-refractivity contribution in [2.24, 2.45) is 0 Å². The van der Waals surface area contributed by atoms with Crippen LogP contribution in [-0.2, 0) is 0 Å². The number of fused-ring (bicyclic) bond motifs is 5. The van der Waals surface area contributed by atoms with Crippen LogP contribution in [-0.4, -0.2) is 0 Å². The van der Waals surface area contributed by atoms with Crippen LogP contribution in [0, 0.1) is 0 Å². The average molecular weight is 756 g/mol. The predicted octanol–water partition coefficient (Wildman–Crippen LogP) is 16.5. The molecule has 2 heteroatoms. The third kappa shape index (κ3) is 5.94. The van der Waals surface area contributed by atoms with Crippen molar-refractivity contribution in [2.75, 3.05) is 4.90 Å². The first-order chi connectivity index (χ1) is 28.8. The molecular formula is C56H37NS. The van der Waals surface area contributed by atoms with E-state index in [0.717, 1.165) is 17.1 Å². The number of hydrogen-bond acceptors (Lipinski definition) is 2. The summed E-state index contributed by atoms with van der Waals surface area (Å²) in [6.07, 6.45) is 0. The highest BCUT2D eigenvalue weighted by atomic mass is 32.1. The number of anilines is 3. The number of rotatable bonds is 7. The quantitative estimate of drug-likeness (QED) is 0.157. The topological polar surface area (TPSA) is 3.24 Å². The fourth-order valence-corrected chi connectivity index (χ4v) is 9.97. The molecule has 0 saturated carbocycles. The van der Waals surface area contributed by atoms with E-state index in [1.54, 1.807) is 0 Å². The third-order valence-corrected chi connectivity index (χ3v) is 12.7. The summed E-state index contributed by atoms with van der Waals surface area (Å²) in [5.41, 5.74) is 13.2. The van der Waals surface area contributed by atoms with Crippen molar-refractivity contribution in [1.82, 2.24) is 0 Å². The number of hydrogen-bond donors (Lipinski definition) is 0. The fourth-order valence-electron chi connectivity index (χ4n) is 8.65. The lowest BCUT2D eigenvalue weighted by atomic mass is 9.96. The zero-order chi connectivity index (χ0) is 38.4. The monoisotopic (exact) mass is 755 g/mol. The van der Waals surface area contributed by atoms with Crippen LogP contribution in [0.1, 0.15) is 0 Å². The second kappa shape index (κ2) is 14.4. The zero-order valence-corrected chi connectivity index (χ0v) is 32.5. The molecule has 0 unspecified atom stereocenters. The summed E-state index contributed by atoms with van der Waals surface area (Å²) >= 11 is 1.89. The summed E-state index contributed by atoms with van der Waals surface area (Å²) in [4.78, 5) is 2.44. The van der Waals surface area contributed by atoms with Gasteiger partial charge in [-0.05, 0) is 103 Å². The molecule has 0 fully saturated rings. The van der Waals surface area contributed by atoms with Crippen LogP contribution in [0.15, 0.2) is 224 Å². The van der Waals surface area contributed by atoms with E-state index in [2.05, 4.69) is 229 Å². The van der Waals surface area contributed by atoms with Crippen LogP contribution in [0.5, 0.6) is 0 Å². The molecule has 0 atom stereocenters. The third-order valence-electron chi connectivity index (χ3n) is 11.5. The highest BCUT2D eigenvalue weighted by Gasteiger charge is 2.21. The Kier molecular flexibility index (Phi) is 8.42. The van der Waals surface area contributed by atoms with Gasteiger partial charge in [0.1, 0.15) is 0 Å². The van der Waals surface area contributed by atoms with Crippen molar-refractivity contribution in [2.45, 2.75) is 0 Å². The molecule has 1 nitrogen and oxygen atoms in total. The molecule has 0 N–H and O–H groups in total. The minimum absolute atomic E-state index is 1.11. The molecule has 0 aliphatic carbocycles. The van der Waals surface area contributed by atoms with Crippen LogP contribution in [0.3, 0.4) is 0 Å². The Hall–Kier alpha value is -7.26. The normalized spacial score (nSPS) is 11.4. The van der Waals surface area contributed by atoms with Crippen molar-refractivity contribution in [1.29, 1.82) is 0 Å². The van der Waals surface area contributed by atoms with Crippen molar-refractivity contribution < 1.29 is 0 Å². The molecule has 0 amide bonds. The van der Waals surface area contributed by atoms with Gasteiger partial charge in [0, 0.05) is 32.4 Å². The first-order valence-corrected chi connectivity index (χ1v) is 20.7.